The van der Waals surface area contributed by atoms with Gasteiger partial charge < -0.3 is 4.90 Å². The van der Waals surface area contributed by atoms with Crippen molar-refractivity contribution in [3.63, 3.8) is 0 Å². The zero-order chi connectivity index (χ0) is 20.9. The highest BCUT2D eigenvalue weighted by atomic mass is 15.2. The topological polar surface area (TPSA) is 15.6 Å². The molecule has 4 unspecified atom stereocenters. The molecule has 0 saturated heterocycles. The first-order chi connectivity index (χ1) is 13.5. The Balaban J connectivity index is 2.88. The van der Waals surface area contributed by atoms with Crippen LogP contribution in [-0.4, -0.2) is 30.2 Å². The summed E-state index contributed by atoms with van der Waals surface area (Å²) in [5, 5.41) is 0. The molecule has 2 heteroatoms. The van der Waals surface area contributed by atoms with E-state index in [1.807, 2.05) is 0 Å². The van der Waals surface area contributed by atoms with Gasteiger partial charge in [0.15, 0.2) is 0 Å². The molecule has 0 aromatic heterocycles. The van der Waals surface area contributed by atoms with Crippen molar-refractivity contribution >= 4 is 6.21 Å². The van der Waals surface area contributed by atoms with E-state index in [1.54, 1.807) is 5.70 Å². The van der Waals surface area contributed by atoms with Gasteiger partial charge in [0.2, 0.25) is 0 Å². The fraction of sp³-hybridized carbons (Fsp3) is 0.808. The highest BCUT2D eigenvalue weighted by Crippen LogP contribution is 2.51. The van der Waals surface area contributed by atoms with Crippen LogP contribution >= 0.6 is 0 Å². The second-order valence-electron chi connectivity index (χ2n) is 9.03. The molecule has 28 heavy (non-hydrogen) atoms. The van der Waals surface area contributed by atoms with Gasteiger partial charge in [-0.3, -0.25) is 4.99 Å². The monoisotopic (exact) mass is 388 g/mol. The first-order valence-electron chi connectivity index (χ1n) is 12.1. The standard InChI is InChI=1S/C26H48N2/c1-8-11-13-14-16-19-27-26-23(18-15-12-9-2)25(26)24(28(7)21(4)5)20-22(6)17-10-3/h11,13,19-23,25-26H,8-10,12,14-18H2,1-7H3/b13-11+,24-20-,27-19?. The summed E-state index contributed by atoms with van der Waals surface area (Å²) < 4.78 is 0. The van der Waals surface area contributed by atoms with Crippen molar-refractivity contribution in [3.8, 4) is 0 Å². The van der Waals surface area contributed by atoms with Crippen LogP contribution in [0.3, 0.4) is 0 Å². The van der Waals surface area contributed by atoms with E-state index in [4.69, 9.17) is 4.99 Å². The third kappa shape index (κ3) is 8.53. The van der Waals surface area contributed by atoms with Gasteiger partial charge in [0, 0.05) is 24.7 Å². The first-order valence-corrected chi connectivity index (χ1v) is 12.1. The van der Waals surface area contributed by atoms with Crippen LogP contribution in [0, 0.1) is 17.8 Å². The highest BCUT2D eigenvalue weighted by Gasteiger charge is 2.52. The lowest BCUT2D eigenvalue weighted by Gasteiger charge is -2.28. The number of aliphatic imine (C=N–C) groups is 1. The van der Waals surface area contributed by atoms with E-state index < -0.39 is 0 Å². The molecule has 1 saturated carbocycles. The second-order valence-corrected chi connectivity index (χ2v) is 9.03. The summed E-state index contributed by atoms with van der Waals surface area (Å²) in [5.74, 6) is 2.03. The molecule has 0 radical (unpaired) electrons. The van der Waals surface area contributed by atoms with Crippen molar-refractivity contribution in [2.45, 2.75) is 111 Å². The Bertz CT molecular complexity index is 489. The molecule has 1 fully saturated rings. The van der Waals surface area contributed by atoms with Crippen molar-refractivity contribution in [1.82, 2.24) is 4.90 Å². The quantitative estimate of drug-likeness (QED) is 0.160. The smallest absolute Gasteiger partial charge is 0.0617 e. The van der Waals surface area contributed by atoms with Crippen molar-refractivity contribution in [1.29, 1.82) is 0 Å². The molecule has 0 aliphatic heterocycles. The Labute approximate surface area is 176 Å². The van der Waals surface area contributed by atoms with E-state index in [9.17, 15) is 0 Å². The number of unbranched alkanes of at least 4 members (excludes halogenated alkanes) is 3. The van der Waals surface area contributed by atoms with Gasteiger partial charge in [-0.25, -0.2) is 0 Å². The molecule has 1 aliphatic carbocycles. The Kier molecular flexibility index (Phi) is 12.5. The van der Waals surface area contributed by atoms with Crippen molar-refractivity contribution in [2.24, 2.45) is 22.7 Å². The molecular weight excluding hydrogens is 340 g/mol. The highest BCUT2D eigenvalue weighted by molar-refractivity contribution is 5.58. The number of rotatable bonds is 15. The minimum Gasteiger partial charge on any atom is -0.375 e. The van der Waals surface area contributed by atoms with E-state index >= 15 is 0 Å². The number of allylic oxidation sites excluding steroid dienone is 3. The predicted octanol–water partition coefficient (Wildman–Crippen LogP) is 7.66. The zero-order valence-corrected chi connectivity index (χ0v) is 20.0. The van der Waals surface area contributed by atoms with Crippen molar-refractivity contribution in [2.75, 3.05) is 7.05 Å². The van der Waals surface area contributed by atoms with Gasteiger partial charge in [0.1, 0.15) is 0 Å². The average molecular weight is 389 g/mol. The molecule has 0 bridgehead atoms. The number of nitrogens with zero attached hydrogens (tertiary/aromatic N) is 2. The van der Waals surface area contributed by atoms with E-state index in [1.165, 1.54) is 38.5 Å². The molecule has 0 aromatic rings. The van der Waals surface area contributed by atoms with E-state index in [2.05, 4.69) is 77.9 Å². The largest absolute Gasteiger partial charge is 0.375 e. The molecule has 1 rings (SSSR count). The SMILES string of the molecule is CC/C=C/CCC=NC1C(CCCCC)C1/C(=C/C(C)CCC)N(C)C(C)C. The molecule has 0 spiro atoms. The summed E-state index contributed by atoms with van der Waals surface area (Å²) in [6.07, 6.45) is 20.5. The molecule has 4 atom stereocenters. The van der Waals surface area contributed by atoms with Crippen LogP contribution in [0.2, 0.25) is 0 Å². The van der Waals surface area contributed by atoms with Gasteiger partial charge in [0.25, 0.3) is 0 Å². The molecular formula is C26H48N2. The van der Waals surface area contributed by atoms with Crippen LogP contribution in [-0.2, 0) is 0 Å². The maximum absolute atomic E-state index is 5.06. The minimum absolute atomic E-state index is 0.508. The third-order valence-electron chi connectivity index (χ3n) is 6.13. The summed E-state index contributed by atoms with van der Waals surface area (Å²) in [6, 6.07) is 1.05. The summed E-state index contributed by atoms with van der Waals surface area (Å²) in [5.41, 5.74) is 1.56. The zero-order valence-electron chi connectivity index (χ0n) is 20.0. The molecule has 1 aliphatic rings. The Morgan fingerprint density at radius 1 is 1.00 bits per heavy atom. The molecule has 162 valence electrons. The molecule has 2 nitrogen and oxygen atoms in total. The summed E-state index contributed by atoms with van der Waals surface area (Å²) in [6.45, 7) is 13.8. The fourth-order valence-electron chi connectivity index (χ4n) is 4.18. The molecule has 0 amide bonds. The van der Waals surface area contributed by atoms with Gasteiger partial charge in [-0.15, -0.1) is 0 Å². The summed E-state index contributed by atoms with van der Waals surface area (Å²) in [7, 11) is 2.28. The normalized spacial score (nSPS) is 23.9. The van der Waals surface area contributed by atoms with Crippen molar-refractivity contribution < 1.29 is 0 Å². The van der Waals surface area contributed by atoms with Gasteiger partial charge in [-0.1, -0.05) is 71.6 Å². The van der Waals surface area contributed by atoms with Crippen LogP contribution in [0.5, 0.6) is 0 Å². The Morgan fingerprint density at radius 3 is 2.36 bits per heavy atom. The second kappa shape index (κ2) is 14.0. The van der Waals surface area contributed by atoms with Crippen LogP contribution < -0.4 is 0 Å². The van der Waals surface area contributed by atoms with Gasteiger partial charge in [-0.2, -0.15) is 0 Å². The average Bonchev–Trinajstić information content (AvgIpc) is 3.34. The van der Waals surface area contributed by atoms with Crippen LogP contribution in [0.15, 0.2) is 28.9 Å². The molecule has 0 N–H and O–H groups in total. The maximum atomic E-state index is 5.06. The summed E-state index contributed by atoms with van der Waals surface area (Å²) in [4.78, 5) is 7.58. The first kappa shape index (κ1) is 25.0. The lowest BCUT2D eigenvalue weighted by atomic mass is 10.0. The van der Waals surface area contributed by atoms with Crippen LogP contribution in [0.1, 0.15) is 99.3 Å². The lowest BCUT2D eigenvalue weighted by molar-refractivity contribution is 0.317. The van der Waals surface area contributed by atoms with Gasteiger partial charge >= 0.3 is 0 Å². The fourth-order valence-corrected chi connectivity index (χ4v) is 4.18. The third-order valence-corrected chi connectivity index (χ3v) is 6.13. The van der Waals surface area contributed by atoms with E-state index in [0.29, 0.717) is 23.9 Å². The Hall–Kier alpha value is -1.05. The van der Waals surface area contributed by atoms with Gasteiger partial charge in [0.05, 0.1) is 6.04 Å². The van der Waals surface area contributed by atoms with Gasteiger partial charge in [-0.05, 0) is 64.0 Å². The molecule has 0 aromatic carbocycles. The van der Waals surface area contributed by atoms with Crippen LogP contribution in [0.25, 0.3) is 0 Å². The predicted molar refractivity (Wildman–Crippen MR) is 127 cm³/mol. The minimum atomic E-state index is 0.508. The maximum Gasteiger partial charge on any atom is 0.0617 e. The van der Waals surface area contributed by atoms with E-state index in [-0.39, 0.29) is 0 Å². The number of hydrogen-bond donors (Lipinski definition) is 0. The van der Waals surface area contributed by atoms with Crippen LogP contribution in [0.4, 0.5) is 0 Å². The number of hydrogen-bond acceptors (Lipinski definition) is 2. The van der Waals surface area contributed by atoms with E-state index in [0.717, 1.165) is 25.2 Å². The summed E-state index contributed by atoms with van der Waals surface area (Å²) >= 11 is 0. The van der Waals surface area contributed by atoms with Crippen molar-refractivity contribution in [3.05, 3.63) is 23.9 Å². The molecule has 0 heterocycles. The lowest BCUT2D eigenvalue weighted by Crippen LogP contribution is -2.28. The Morgan fingerprint density at radius 2 is 1.75 bits per heavy atom.